The fraction of sp³-hybridized carbons (Fsp3) is 0.320. The van der Waals surface area contributed by atoms with Gasteiger partial charge in [0.2, 0.25) is 0 Å². The monoisotopic (exact) mass is 399 g/mol. The number of hydrogen-bond donors (Lipinski definition) is 1. The third-order valence-electron chi connectivity index (χ3n) is 6.93. The third-order valence-corrected chi connectivity index (χ3v) is 6.93. The zero-order valence-corrected chi connectivity index (χ0v) is 16.6. The highest BCUT2D eigenvalue weighted by atomic mass is 19.1. The van der Waals surface area contributed by atoms with E-state index in [1.54, 1.807) is 36.4 Å². The van der Waals surface area contributed by atoms with Crippen molar-refractivity contribution in [1.82, 2.24) is 10.3 Å². The summed E-state index contributed by atoms with van der Waals surface area (Å²) < 4.78 is 13.8. The maximum atomic E-state index is 13.8. The smallest absolute Gasteiger partial charge is 0.251 e. The number of rotatable bonds is 3. The Bertz CT molecular complexity index is 1160. The minimum Gasteiger partial charge on any atom is -0.349 e. The lowest BCUT2D eigenvalue weighted by Gasteiger charge is -2.30. The molecule has 30 heavy (non-hydrogen) atoms. The lowest BCUT2D eigenvalue weighted by atomic mass is 9.75. The highest BCUT2D eigenvalue weighted by molar-refractivity contribution is 5.94. The average Bonchev–Trinajstić information content (AvgIpc) is 3.44. The number of nitrogens with zero attached hydrogens (tertiary/aromatic N) is 2. The highest BCUT2D eigenvalue weighted by Crippen LogP contribution is 2.59. The number of nitrogens with one attached hydrogen (secondary N) is 1. The SMILES string of the molecule is N#Cc1ccc(C(=O)N[C@H]2CC23CCC(c2ccnc4ccc(F)cc24)CC3)cc1. The van der Waals surface area contributed by atoms with Crippen molar-refractivity contribution in [3.05, 3.63) is 77.2 Å². The van der Waals surface area contributed by atoms with Crippen molar-refractivity contribution in [3.8, 4) is 6.07 Å². The van der Waals surface area contributed by atoms with Crippen molar-refractivity contribution in [3.63, 3.8) is 0 Å². The van der Waals surface area contributed by atoms with E-state index in [2.05, 4.69) is 16.4 Å². The number of pyridine rings is 1. The molecule has 0 saturated heterocycles. The van der Waals surface area contributed by atoms with Crippen LogP contribution in [0.2, 0.25) is 0 Å². The van der Waals surface area contributed by atoms with E-state index < -0.39 is 0 Å². The molecule has 0 bridgehead atoms. The lowest BCUT2D eigenvalue weighted by Crippen LogP contribution is -2.31. The number of carbonyl (C=O) groups excluding carboxylic acids is 1. The van der Waals surface area contributed by atoms with Gasteiger partial charge in [0.15, 0.2) is 0 Å². The zero-order valence-electron chi connectivity index (χ0n) is 16.6. The van der Waals surface area contributed by atoms with E-state index in [0.717, 1.165) is 43.0 Å². The Balaban J connectivity index is 1.24. The molecule has 2 aromatic carbocycles. The van der Waals surface area contributed by atoms with Crippen LogP contribution < -0.4 is 5.32 Å². The van der Waals surface area contributed by atoms with Crippen LogP contribution in [0.1, 0.15) is 59.5 Å². The molecule has 2 aliphatic carbocycles. The first-order chi connectivity index (χ1) is 14.6. The Hall–Kier alpha value is -3.26. The second kappa shape index (κ2) is 7.21. The number of nitriles is 1. The predicted octanol–water partition coefficient (Wildman–Crippen LogP) is 5.09. The van der Waals surface area contributed by atoms with Gasteiger partial charge in [0.1, 0.15) is 5.82 Å². The van der Waals surface area contributed by atoms with Crippen LogP contribution in [0.4, 0.5) is 4.39 Å². The van der Waals surface area contributed by atoms with E-state index in [4.69, 9.17) is 5.26 Å². The van der Waals surface area contributed by atoms with E-state index in [-0.39, 0.29) is 23.2 Å². The first-order valence-corrected chi connectivity index (χ1v) is 10.4. The van der Waals surface area contributed by atoms with Gasteiger partial charge in [-0.15, -0.1) is 0 Å². The summed E-state index contributed by atoms with van der Waals surface area (Å²) in [5.74, 6) is 0.106. The molecule has 3 aromatic rings. The van der Waals surface area contributed by atoms with Gasteiger partial charge in [-0.25, -0.2) is 4.39 Å². The molecule has 5 heteroatoms. The Morgan fingerprint density at radius 1 is 1.13 bits per heavy atom. The molecule has 0 radical (unpaired) electrons. The number of hydrogen-bond acceptors (Lipinski definition) is 3. The van der Waals surface area contributed by atoms with Gasteiger partial charge < -0.3 is 5.32 Å². The predicted molar refractivity (Wildman–Crippen MR) is 112 cm³/mol. The molecule has 0 aliphatic heterocycles. The summed E-state index contributed by atoms with van der Waals surface area (Å²) >= 11 is 0. The first kappa shape index (κ1) is 18.7. The fourth-order valence-corrected chi connectivity index (χ4v) is 5.04. The van der Waals surface area contributed by atoms with Crippen molar-refractivity contribution in [1.29, 1.82) is 5.26 Å². The van der Waals surface area contributed by atoms with E-state index in [1.165, 1.54) is 11.6 Å². The lowest BCUT2D eigenvalue weighted by molar-refractivity contribution is 0.0941. The van der Waals surface area contributed by atoms with Crippen molar-refractivity contribution < 1.29 is 9.18 Å². The van der Waals surface area contributed by atoms with Gasteiger partial charge in [-0.3, -0.25) is 9.78 Å². The number of amides is 1. The van der Waals surface area contributed by atoms with E-state index in [1.807, 2.05) is 12.3 Å². The van der Waals surface area contributed by atoms with Crippen LogP contribution >= 0.6 is 0 Å². The maximum Gasteiger partial charge on any atom is 0.251 e. The summed E-state index contributed by atoms with van der Waals surface area (Å²) in [7, 11) is 0. The number of halogens is 1. The van der Waals surface area contributed by atoms with Gasteiger partial charge in [-0.1, -0.05) is 0 Å². The molecule has 150 valence electrons. The van der Waals surface area contributed by atoms with Gasteiger partial charge in [0.05, 0.1) is 17.1 Å². The van der Waals surface area contributed by atoms with Crippen molar-refractivity contribution in [2.75, 3.05) is 0 Å². The van der Waals surface area contributed by atoms with Gasteiger partial charge in [0, 0.05) is 23.2 Å². The Morgan fingerprint density at radius 2 is 1.90 bits per heavy atom. The highest BCUT2D eigenvalue weighted by Gasteiger charge is 2.55. The molecule has 1 aromatic heterocycles. The summed E-state index contributed by atoms with van der Waals surface area (Å²) in [6.07, 6.45) is 7.05. The molecule has 2 aliphatic rings. The topological polar surface area (TPSA) is 65.8 Å². The van der Waals surface area contributed by atoms with Crippen LogP contribution in [0, 0.1) is 22.6 Å². The number of carbonyl (C=O) groups is 1. The number of aromatic nitrogens is 1. The molecule has 1 amide bonds. The van der Waals surface area contributed by atoms with Crippen molar-refractivity contribution >= 4 is 16.8 Å². The molecule has 1 heterocycles. The maximum absolute atomic E-state index is 13.8. The second-order valence-electron chi connectivity index (χ2n) is 8.62. The molecule has 2 saturated carbocycles. The Labute approximate surface area is 174 Å². The molecule has 1 spiro atoms. The normalized spacial score (nSPS) is 25.1. The van der Waals surface area contributed by atoms with Crippen LogP contribution in [0.25, 0.3) is 10.9 Å². The van der Waals surface area contributed by atoms with Crippen LogP contribution in [0.3, 0.4) is 0 Å². The van der Waals surface area contributed by atoms with Gasteiger partial charge >= 0.3 is 0 Å². The molecular formula is C25H22FN3O. The Kier molecular flexibility index (Phi) is 4.51. The van der Waals surface area contributed by atoms with E-state index in [9.17, 15) is 9.18 Å². The van der Waals surface area contributed by atoms with E-state index in [0.29, 0.717) is 17.0 Å². The first-order valence-electron chi connectivity index (χ1n) is 10.4. The summed E-state index contributed by atoms with van der Waals surface area (Å²) in [6, 6.07) is 15.9. The molecule has 1 N–H and O–H groups in total. The Morgan fingerprint density at radius 3 is 2.63 bits per heavy atom. The van der Waals surface area contributed by atoms with Crippen LogP contribution in [-0.2, 0) is 0 Å². The molecular weight excluding hydrogens is 377 g/mol. The molecule has 1 atom stereocenters. The third kappa shape index (κ3) is 3.33. The molecule has 2 fully saturated rings. The molecule has 4 nitrogen and oxygen atoms in total. The van der Waals surface area contributed by atoms with Crippen LogP contribution in [0.5, 0.6) is 0 Å². The molecule has 5 rings (SSSR count). The summed E-state index contributed by atoms with van der Waals surface area (Å²) in [5.41, 5.74) is 3.37. The van der Waals surface area contributed by atoms with Gasteiger partial charge in [-0.05, 0) is 97.5 Å². The summed E-state index contributed by atoms with van der Waals surface area (Å²) in [6.45, 7) is 0. The van der Waals surface area contributed by atoms with Gasteiger partial charge in [0.25, 0.3) is 5.91 Å². The average molecular weight is 399 g/mol. The molecule has 0 unspecified atom stereocenters. The summed E-state index contributed by atoms with van der Waals surface area (Å²) in [4.78, 5) is 16.9. The van der Waals surface area contributed by atoms with Gasteiger partial charge in [-0.2, -0.15) is 5.26 Å². The van der Waals surface area contributed by atoms with Crippen molar-refractivity contribution in [2.45, 2.75) is 44.1 Å². The quantitative estimate of drug-likeness (QED) is 0.667. The number of benzene rings is 2. The largest absolute Gasteiger partial charge is 0.349 e. The minimum absolute atomic E-state index is 0.0703. The van der Waals surface area contributed by atoms with E-state index >= 15 is 0 Å². The minimum atomic E-state index is -0.225. The van der Waals surface area contributed by atoms with Crippen molar-refractivity contribution in [2.24, 2.45) is 5.41 Å². The fourth-order valence-electron chi connectivity index (χ4n) is 5.04. The second-order valence-corrected chi connectivity index (χ2v) is 8.62. The van der Waals surface area contributed by atoms with Crippen LogP contribution in [-0.4, -0.2) is 16.9 Å². The standard InChI is InChI=1S/C25H22FN3O/c26-19-5-6-22-21(13-19)20(9-12-28-22)17-7-10-25(11-8-17)14-23(25)29-24(30)18-3-1-16(15-27)2-4-18/h1-6,9,12-13,17,23H,7-8,10-11,14H2,(H,29,30)/t17?,23-,25?/m0/s1. The summed E-state index contributed by atoms with van der Waals surface area (Å²) in [5, 5.41) is 13.0. The number of fused-ring (bicyclic) bond motifs is 1. The zero-order chi connectivity index (χ0) is 20.7. The van der Waals surface area contributed by atoms with Crippen LogP contribution in [0.15, 0.2) is 54.7 Å².